The Morgan fingerprint density at radius 1 is 1.00 bits per heavy atom. The summed E-state index contributed by atoms with van der Waals surface area (Å²) in [6, 6.07) is 10.8. The molecule has 154 valence electrons. The van der Waals surface area contributed by atoms with Crippen LogP contribution in [0.15, 0.2) is 55.1 Å². The first-order chi connectivity index (χ1) is 14.6. The lowest BCUT2D eigenvalue weighted by atomic mass is 10.2. The van der Waals surface area contributed by atoms with Gasteiger partial charge in [-0.15, -0.1) is 0 Å². The molecular weight excluding hydrogens is 382 g/mol. The number of hydrogen-bond acceptors (Lipinski definition) is 6. The molecule has 3 heterocycles. The van der Waals surface area contributed by atoms with Crippen LogP contribution in [0.5, 0.6) is 0 Å². The van der Waals surface area contributed by atoms with E-state index in [4.69, 9.17) is 0 Å². The summed E-state index contributed by atoms with van der Waals surface area (Å²) < 4.78 is 1.90. The molecule has 0 atom stereocenters. The Balaban J connectivity index is 1.31. The van der Waals surface area contributed by atoms with E-state index in [0.717, 1.165) is 17.5 Å². The van der Waals surface area contributed by atoms with Crippen LogP contribution in [0.1, 0.15) is 16.2 Å². The lowest BCUT2D eigenvalue weighted by Crippen LogP contribution is -2.51. The summed E-state index contributed by atoms with van der Waals surface area (Å²) in [4.78, 5) is 41.4. The maximum absolute atomic E-state index is 12.5. The summed E-state index contributed by atoms with van der Waals surface area (Å²) >= 11 is 0. The SMILES string of the molecule is Cc1nccn1-c1cc(N2CCN(C(=O)CNC(=O)c3ccccc3)CC2)ncn1. The van der Waals surface area contributed by atoms with Crippen LogP contribution in [-0.2, 0) is 4.79 Å². The van der Waals surface area contributed by atoms with Gasteiger partial charge in [-0.05, 0) is 19.1 Å². The van der Waals surface area contributed by atoms with Crippen molar-refractivity contribution in [2.75, 3.05) is 37.6 Å². The van der Waals surface area contributed by atoms with E-state index < -0.39 is 0 Å². The van der Waals surface area contributed by atoms with Gasteiger partial charge in [-0.1, -0.05) is 18.2 Å². The molecule has 3 aromatic rings. The topological polar surface area (TPSA) is 96.2 Å². The van der Waals surface area contributed by atoms with Crippen LogP contribution < -0.4 is 10.2 Å². The van der Waals surface area contributed by atoms with Gasteiger partial charge >= 0.3 is 0 Å². The Labute approximate surface area is 174 Å². The van der Waals surface area contributed by atoms with Gasteiger partial charge in [0.25, 0.3) is 5.91 Å². The molecule has 0 aliphatic carbocycles. The first-order valence-electron chi connectivity index (χ1n) is 9.80. The normalized spacial score (nSPS) is 13.9. The van der Waals surface area contributed by atoms with Crippen LogP contribution in [0, 0.1) is 6.92 Å². The minimum atomic E-state index is -0.245. The quantitative estimate of drug-likeness (QED) is 0.682. The van der Waals surface area contributed by atoms with Gasteiger partial charge in [0.15, 0.2) is 0 Å². The largest absolute Gasteiger partial charge is 0.353 e. The minimum absolute atomic E-state index is 0.00864. The predicted octanol–water partition coefficient (Wildman–Crippen LogP) is 1.05. The highest BCUT2D eigenvalue weighted by Crippen LogP contribution is 2.17. The molecule has 9 heteroatoms. The number of aryl methyl sites for hydroxylation is 1. The molecule has 1 saturated heterocycles. The number of piperazine rings is 1. The number of nitrogens with zero attached hydrogens (tertiary/aromatic N) is 6. The van der Waals surface area contributed by atoms with Gasteiger partial charge in [-0.25, -0.2) is 15.0 Å². The number of amides is 2. The van der Waals surface area contributed by atoms with Crippen molar-refractivity contribution in [1.29, 1.82) is 0 Å². The number of hydrogen-bond donors (Lipinski definition) is 1. The molecule has 0 bridgehead atoms. The Bertz CT molecular complexity index is 1030. The molecule has 0 unspecified atom stereocenters. The van der Waals surface area contributed by atoms with Crippen molar-refractivity contribution < 1.29 is 9.59 Å². The van der Waals surface area contributed by atoms with Crippen molar-refractivity contribution in [2.45, 2.75) is 6.92 Å². The van der Waals surface area contributed by atoms with Gasteiger partial charge in [0.2, 0.25) is 5.91 Å². The monoisotopic (exact) mass is 405 g/mol. The first kappa shape index (κ1) is 19.6. The van der Waals surface area contributed by atoms with Crippen molar-refractivity contribution >= 4 is 17.6 Å². The van der Waals surface area contributed by atoms with E-state index in [2.05, 4.69) is 25.2 Å². The number of imidazole rings is 1. The molecule has 0 spiro atoms. The highest BCUT2D eigenvalue weighted by molar-refractivity contribution is 5.96. The van der Waals surface area contributed by atoms with Crippen LogP contribution >= 0.6 is 0 Å². The van der Waals surface area contributed by atoms with E-state index in [1.165, 1.54) is 0 Å². The molecule has 1 N–H and O–H groups in total. The van der Waals surface area contributed by atoms with Crippen molar-refractivity contribution in [2.24, 2.45) is 0 Å². The van der Waals surface area contributed by atoms with Crippen LogP contribution in [0.4, 0.5) is 5.82 Å². The average molecular weight is 405 g/mol. The molecule has 1 aliphatic rings. The lowest BCUT2D eigenvalue weighted by molar-refractivity contribution is -0.130. The molecule has 2 amide bonds. The Hall–Kier alpha value is -3.75. The number of benzene rings is 1. The van der Waals surface area contributed by atoms with Crippen molar-refractivity contribution in [3.63, 3.8) is 0 Å². The third kappa shape index (κ3) is 4.29. The Kier molecular flexibility index (Phi) is 5.69. The van der Waals surface area contributed by atoms with Gasteiger partial charge in [0.1, 0.15) is 23.8 Å². The zero-order valence-corrected chi connectivity index (χ0v) is 16.7. The number of anilines is 1. The highest BCUT2D eigenvalue weighted by atomic mass is 16.2. The zero-order valence-electron chi connectivity index (χ0n) is 16.7. The van der Waals surface area contributed by atoms with Crippen LogP contribution in [0.2, 0.25) is 0 Å². The van der Waals surface area contributed by atoms with E-state index in [0.29, 0.717) is 31.7 Å². The number of nitrogens with one attached hydrogen (secondary N) is 1. The average Bonchev–Trinajstić information content (AvgIpc) is 3.24. The van der Waals surface area contributed by atoms with Gasteiger partial charge in [-0.3, -0.25) is 14.2 Å². The standard InChI is InChI=1S/C21H23N7O2/c1-16-22-7-8-28(16)19-13-18(24-15-25-19)26-9-11-27(12-10-26)20(29)14-23-21(30)17-5-3-2-4-6-17/h2-8,13,15H,9-12,14H2,1H3,(H,23,30). The maximum atomic E-state index is 12.5. The number of carbonyl (C=O) groups excluding carboxylic acids is 2. The fourth-order valence-electron chi connectivity index (χ4n) is 3.41. The summed E-state index contributed by atoms with van der Waals surface area (Å²) in [7, 11) is 0. The van der Waals surface area contributed by atoms with E-state index in [9.17, 15) is 9.59 Å². The summed E-state index contributed by atoms with van der Waals surface area (Å²) in [6.07, 6.45) is 5.14. The fourth-order valence-corrected chi connectivity index (χ4v) is 3.41. The summed E-state index contributed by atoms with van der Waals surface area (Å²) in [5.74, 6) is 2.10. The van der Waals surface area contributed by atoms with Gasteiger partial charge < -0.3 is 15.1 Å². The van der Waals surface area contributed by atoms with Crippen molar-refractivity contribution in [3.8, 4) is 5.82 Å². The van der Waals surface area contributed by atoms with Crippen molar-refractivity contribution in [1.82, 2.24) is 29.7 Å². The molecule has 9 nitrogen and oxygen atoms in total. The molecule has 1 aliphatic heterocycles. The smallest absolute Gasteiger partial charge is 0.251 e. The Morgan fingerprint density at radius 2 is 1.73 bits per heavy atom. The summed E-state index contributed by atoms with van der Waals surface area (Å²) in [5, 5.41) is 2.69. The van der Waals surface area contributed by atoms with Gasteiger partial charge in [0.05, 0.1) is 6.54 Å². The molecule has 1 fully saturated rings. The molecule has 0 saturated carbocycles. The molecule has 0 radical (unpaired) electrons. The lowest BCUT2D eigenvalue weighted by Gasteiger charge is -2.35. The number of rotatable bonds is 5. The van der Waals surface area contributed by atoms with E-state index in [-0.39, 0.29) is 18.4 Å². The zero-order chi connectivity index (χ0) is 20.9. The second-order valence-electron chi connectivity index (χ2n) is 7.00. The summed E-state index contributed by atoms with van der Waals surface area (Å²) in [5.41, 5.74) is 0.544. The molecule has 30 heavy (non-hydrogen) atoms. The minimum Gasteiger partial charge on any atom is -0.353 e. The van der Waals surface area contributed by atoms with E-state index >= 15 is 0 Å². The van der Waals surface area contributed by atoms with Crippen molar-refractivity contribution in [3.05, 3.63) is 66.5 Å². The molecular formula is C21H23N7O2. The van der Waals surface area contributed by atoms with Gasteiger partial charge in [0, 0.05) is 50.2 Å². The highest BCUT2D eigenvalue weighted by Gasteiger charge is 2.22. The van der Waals surface area contributed by atoms with E-state index in [1.807, 2.05) is 29.8 Å². The number of aromatic nitrogens is 4. The maximum Gasteiger partial charge on any atom is 0.251 e. The van der Waals surface area contributed by atoms with Crippen LogP contribution in [0.3, 0.4) is 0 Å². The third-order valence-electron chi connectivity index (χ3n) is 5.10. The molecule has 1 aromatic carbocycles. The third-order valence-corrected chi connectivity index (χ3v) is 5.10. The molecule has 4 rings (SSSR count). The first-order valence-corrected chi connectivity index (χ1v) is 9.80. The molecule has 2 aromatic heterocycles. The van der Waals surface area contributed by atoms with Gasteiger partial charge in [-0.2, -0.15) is 0 Å². The van der Waals surface area contributed by atoms with E-state index in [1.54, 1.807) is 41.7 Å². The Morgan fingerprint density at radius 3 is 2.43 bits per heavy atom. The second-order valence-corrected chi connectivity index (χ2v) is 7.00. The summed E-state index contributed by atoms with van der Waals surface area (Å²) in [6.45, 7) is 4.39. The fraction of sp³-hybridized carbons (Fsp3) is 0.286. The second kappa shape index (κ2) is 8.73. The van der Waals surface area contributed by atoms with Crippen LogP contribution in [0.25, 0.3) is 5.82 Å². The number of carbonyl (C=O) groups is 2. The predicted molar refractivity (Wildman–Crippen MR) is 111 cm³/mol. The van der Waals surface area contributed by atoms with Crippen LogP contribution in [-0.4, -0.2) is 69.0 Å².